The monoisotopic (exact) mass is 882 g/mol. The highest BCUT2D eigenvalue weighted by Crippen LogP contribution is 2.54. The Labute approximate surface area is 372 Å². The standard InChI is InChI=1S/C51H51N2O10P/c1-37-34-52-49(55)53(48(37)54)32-33-63-64(56,35-61-50(38-12-8-6-9-13-38,40-16-24-44(57-2)25-17-40)41-18-26-45(58-3)27-19-41)36-62-51(39-14-10-7-11-15-39,42-20-28-46(59-4)29-21-42)43-22-30-47(60-5)31-23-43/h6-31,34H,32-33,35-36H2,1-5H3,(H,52,55). The van der Waals surface area contributed by atoms with Crippen molar-refractivity contribution in [3.63, 3.8) is 0 Å². The second-order valence-corrected chi connectivity index (χ2v) is 17.3. The van der Waals surface area contributed by atoms with E-state index in [1.165, 1.54) is 6.20 Å². The number of hydrogen-bond acceptors (Lipinski definition) is 10. The molecule has 0 aliphatic rings. The summed E-state index contributed by atoms with van der Waals surface area (Å²) >= 11 is 0. The minimum absolute atomic E-state index is 0.193. The van der Waals surface area contributed by atoms with Crippen LogP contribution in [0, 0.1) is 6.92 Å². The summed E-state index contributed by atoms with van der Waals surface area (Å²) in [7, 11) is 2.24. The molecule has 0 fully saturated rings. The Kier molecular flexibility index (Phi) is 14.3. The van der Waals surface area contributed by atoms with Gasteiger partial charge in [0.1, 0.15) is 46.9 Å². The van der Waals surface area contributed by atoms with Crippen molar-refractivity contribution in [1.82, 2.24) is 9.55 Å². The molecular weight excluding hydrogens is 832 g/mol. The van der Waals surface area contributed by atoms with Gasteiger partial charge in [-0.1, -0.05) is 109 Å². The van der Waals surface area contributed by atoms with Crippen LogP contribution < -0.4 is 30.2 Å². The van der Waals surface area contributed by atoms with Gasteiger partial charge in [0.25, 0.3) is 12.9 Å². The van der Waals surface area contributed by atoms with Crippen LogP contribution in [-0.2, 0) is 36.3 Å². The fraction of sp³-hybridized carbons (Fsp3) is 0.216. The number of H-pyrrole nitrogens is 1. The molecule has 1 N–H and O–H groups in total. The minimum Gasteiger partial charge on any atom is -0.497 e. The van der Waals surface area contributed by atoms with Crippen LogP contribution in [0.3, 0.4) is 0 Å². The molecule has 0 saturated carbocycles. The number of nitrogens with one attached hydrogen (secondary N) is 1. The van der Waals surface area contributed by atoms with Crippen molar-refractivity contribution in [2.45, 2.75) is 24.7 Å². The smallest absolute Gasteiger partial charge is 0.328 e. The van der Waals surface area contributed by atoms with E-state index in [2.05, 4.69) is 4.98 Å². The van der Waals surface area contributed by atoms with Gasteiger partial charge in [0.05, 0.1) is 41.6 Å². The lowest BCUT2D eigenvalue weighted by Crippen LogP contribution is -2.37. The van der Waals surface area contributed by atoms with Crippen LogP contribution in [0.25, 0.3) is 0 Å². The average molecular weight is 883 g/mol. The van der Waals surface area contributed by atoms with E-state index < -0.39 is 42.5 Å². The average Bonchev–Trinajstić information content (AvgIpc) is 3.35. The predicted octanol–water partition coefficient (Wildman–Crippen LogP) is 9.11. The molecule has 12 nitrogen and oxygen atoms in total. The summed E-state index contributed by atoms with van der Waals surface area (Å²) in [6.45, 7) is 1.12. The number of aromatic amines is 1. The number of aromatic nitrogens is 2. The van der Waals surface area contributed by atoms with Crippen LogP contribution in [0.2, 0.25) is 0 Å². The fourth-order valence-electron chi connectivity index (χ4n) is 7.77. The molecule has 7 aromatic rings. The molecule has 0 spiro atoms. The first kappa shape index (κ1) is 45.3. The predicted molar refractivity (Wildman–Crippen MR) is 246 cm³/mol. The molecule has 0 aliphatic heterocycles. The second kappa shape index (κ2) is 20.2. The first-order valence-electron chi connectivity index (χ1n) is 20.6. The Bertz CT molecular complexity index is 2510. The van der Waals surface area contributed by atoms with Gasteiger partial charge in [-0.2, -0.15) is 0 Å². The SMILES string of the molecule is COc1ccc(C(OCP(=O)(COC(c2ccccc2)(c2ccc(OC)cc2)c2ccc(OC)cc2)OCCn2c(=O)[nH]cc(C)c2=O)(c2ccccc2)c2ccc(OC)cc2)cc1. The molecule has 0 radical (unpaired) electrons. The Hall–Kier alpha value is -6.69. The summed E-state index contributed by atoms with van der Waals surface area (Å²) in [5.74, 6) is 2.55. The van der Waals surface area contributed by atoms with Crippen molar-refractivity contribution in [3.8, 4) is 23.0 Å². The summed E-state index contributed by atoms with van der Waals surface area (Å²) in [6, 6.07) is 49.2. The van der Waals surface area contributed by atoms with E-state index in [-0.39, 0.29) is 13.2 Å². The zero-order chi connectivity index (χ0) is 45.2. The fourth-order valence-corrected chi connectivity index (χ4v) is 9.19. The zero-order valence-electron chi connectivity index (χ0n) is 36.4. The van der Waals surface area contributed by atoms with Crippen molar-refractivity contribution in [2.75, 3.05) is 47.7 Å². The molecule has 0 amide bonds. The first-order chi connectivity index (χ1) is 31.1. The van der Waals surface area contributed by atoms with Crippen molar-refractivity contribution >= 4 is 7.37 Å². The van der Waals surface area contributed by atoms with Gasteiger partial charge < -0.3 is 37.9 Å². The molecule has 1 heterocycles. The maximum atomic E-state index is 16.0. The van der Waals surface area contributed by atoms with Crippen LogP contribution in [0.15, 0.2) is 174 Å². The molecular formula is C51H51N2O10P. The number of benzene rings is 6. The number of nitrogens with zero attached hydrogens (tertiary/aromatic N) is 1. The number of aryl methyl sites for hydroxylation is 1. The molecule has 330 valence electrons. The van der Waals surface area contributed by atoms with Gasteiger partial charge in [-0.3, -0.25) is 13.9 Å². The van der Waals surface area contributed by atoms with E-state index in [0.717, 1.165) is 15.7 Å². The van der Waals surface area contributed by atoms with Gasteiger partial charge in [0.15, 0.2) is 0 Å². The van der Waals surface area contributed by atoms with Gasteiger partial charge in [-0.15, -0.1) is 0 Å². The zero-order valence-corrected chi connectivity index (χ0v) is 37.3. The van der Waals surface area contributed by atoms with Gasteiger partial charge in [0.2, 0.25) is 0 Å². The Morgan fingerprint density at radius 2 is 0.828 bits per heavy atom. The topological polar surface area (TPSA) is 137 Å². The second-order valence-electron chi connectivity index (χ2n) is 14.9. The summed E-state index contributed by atoms with van der Waals surface area (Å²) in [5.41, 5.74) is 0.830. The lowest BCUT2D eigenvalue weighted by atomic mass is 9.80. The van der Waals surface area contributed by atoms with E-state index in [0.29, 0.717) is 50.8 Å². The molecule has 1 aromatic heterocycles. The Balaban J connectivity index is 1.38. The number of methoxy groups -OCH3 is 4. The molecule has 0 unspecified atom stereocenters. The molecule has 0 saturated heterocycles. The lowest BCUT2D eigenvalue weighted by molar-refractivity contribution is 0.0173. The van der Waals surface area contributed by atoms with Crippen LogP contribution in [0.5, 0.6) is 23.0 Å². The third-order valence-corrected chi connectivity index (χ3v) is 12.9. The Morgan fingerprint density at radius 3 is 1.16 bits per heavy atom. The van der Waals surface area contributed by atoms with Crippen LogP contribution in [-0.4, -0.2) is 57.3 Å². The Morgan fingerprint density at radius 1 is 0.500 bits per heavy atom. The molecule has 13 heteroatoms. The van der Waals surface area contributed by atoms with E-state index >= 15 is 4.57 Å². The molecule has 6 aromatic carbocycles. The van der Waals surface area contributed by atoms with E-state index in [1.54, 1.807) is 35.4 Å². The molecule has 7 rings (SSSR count). The summed E-state index contributed by atoms with van der Waals surface area (Å²) < 4.78 is 60.0. The third kappa shape index (κ3) is 9.46. The van der Waals surface area contributed by atoms with E-state index in [9.17, 15) is 9.59 Å². The van der Waals surface area contributed by atoms with Crippen molar-refractivity contribution < 1.29 is 37.5 Å². The molecule has 64 heavy (non-hydrogen) atoms. The van der Waals surface area contributed by atoms with Gasteiger partial charge in [-0.05, 0) is 88.8 Å². The highest BCUT2D eigenvalue weighted by molar-refractivity contribution is 7.58. The number of hydrogen-bond donors (Lipinski definition) is 1. The minimum atomic E-state index is -4.15. The number of ether oxygens (including phenoxy) is 6. The van der Waals surface area contributed by atoms with Crippen LogP contribution >= 0.6 is 7.37 Å². The highest BCUT2D eigenvalue weighted by Gasteiger charge is 2.44. The molecule has 0 atom stereocenters. The highest BCUT2D eigenvalue weighted by atomic mass is 31.2. The van der Waals surface area contributed by atoms with Crippen molar-refractivity contribution in [3.05, 3.63) is 224 Å². The summed E-state index contributed by atoms with van der Waals surface area (Å²) in [4.78, 5) is 28.6. The quantitative estimate of drug-likeness (QED) is 0.0583. The molecule has 0 bridgehead atoms. The van der Waals surface area contributed by atoms with Gasteiger partial charge >= 0.3 is 5.69 Å². The normalized spacial score (nSPS) is 11.8. The largest absolute Gasteiger partial charge is 0.497 e. The van der Waals surface area contributed by atoms with Gasteiger partial charge in [-0.25, -0.2) is 4.79 Å². The number of rotatable bonds is 20. The third-order valence-electron chi connectivity index (χ3n) is 11.2. The first-order valence-corrected chi connectivity index (χ1v) is 22.6. The summed E-state index contributed by atoms with van der Waals surface area (Å²) in [5, 5.41) is 0. The van der Waals surface area contributed by atoms with Crippen molar-refractivity contribution in [1.29, 1.82) is 0 Å². The van der Waals surface area contributed by atoms with E-state index in [4.69, 9.17) is 32.9 Å². The summed E-state index contributed by atoms with van der Waals surface area (Å²) in [6.07, 6.45) is 0.405. The van der Waals surface area contributed by atoms with Crippen LogP contribution in [0.4, 0.5) is 0 Å². The van der Waals surface area contributed by atoms with Crippen LogP contribution in [0.1, 0.15) is 38.9 Å². The maximum Gasteiger partial charge on any atom is 0.328 e. The van der Waals surface area contributed by atoms with Gasteiger partial charge in [0, 0.05) is 11.8 Å². The maximum absolute atomic E-state index is 16.0. The van der Waals surface area contributed by atoms with E-state index in [1.807, 2.05) is 158 Å². The lowest BCUT2D eigenvalue weighted by Gasteiger charge is -2.39. The molecule has 0 aliphatic carbocycles. The van der Waals surface area contributed by atoms with Crippen molar-refractivity contribution in [2.24, 2.45) is 0 Å².